The lowest BCUT2D eigenvalue weighted by Gasteiger charge is -2.30. The molecule has 1 aliphatic heterocycles. The van der Waals surface area contributed by atoms with E-state index in [1.54, 1.807) is 13.2 Å². The van der Waals surface area contributed by atoms with E-state index < -0.39 is 0 Å². The molecule has 5 nitrogen and oxygen atoms in total. The normalized spacial score (nSPS) is 21.5. The Labute approximate surface area is 88.7 Å². The number of ether oxygens (including phenoxy) is 1. The number of anilines is 1. The van der Waals surface area contributed by atoms with Crippen molar-refractivity contribution in [2.75, 3.05) is 25.1 Å². The van der Waals surface area contributed by atoms with Crippen molar-refractivity contribution in [3.05, 3.63) is 12.4 Å². The first kappa shape index (κ1) is 10.2. The first-order valence-electron chi connectivity index (χ1n) is 5.08. The Kier molecular flexibility index (Phi) is 3.01. The lowest BCUT2D eigenvalue weighted by Crippen LogP contribution is -2.38. The Hall–Kier alpha value is -1.36. The lowest BCUT2D eigenvalue weighted by molar-refractivity contribution is 0.154. The quantitative estimate of drug-likeness (QED) is 0.766. The van der Waals surface area contributed by atoms with Crippen molar-refractivity contribution >= 4 is 5.82 Å². The molecule has 0 bridgehead atoms. The van der Waals surface area contributed by atoms with E-state index in [0.29, 0.717) is 12.4 Å². The highest BCUT2D eigenvalue weighted by Gasteiger charge is 2.19. The van der Waals surface area contributed by atoms with Gasteiger partial charge in [0.05, 0.1) is 13.2 Å². The van der Waals surface area contributed by atoms with Crippen molar-refractivity contribution in [2.24, 2.45) is 0 Å². The first-order valence-corrected chi connectivity index (χ1v) is 5.08. The highest BCUT2D eigenvalue weighted by atomic mass is 16.5. The van der Waals surface area contributed by atoms with Crippen LogP contribution in [0.1, 0.15) is 12.8 Å². The zero-order valence-electron chi connectivity index (χ0n) is 8.76. The molecule has 0 aromatic carbocycles. The molecule has 0 spiro atoms. The summed E-state index contributed by atoms with van der Waals surface area (Å²) in [6.07, 6.45) is 3.10. The van der Waals surface area contributed by atoms with Crippen molar-refractivity contribution < 1.29 is 9.84 Å². The number of aliphatic hydroxyl groups excluding tert-OH is 1. The maximum Gasteiger partial charge on any atom is 0.218 e. The molecule has 0 radical (unpaired) electrons. The van der Waals surface area contributed by atoms with Gasteiger partial charge in [0, 0.05) is 19.2 Å². The van der Waals surface area contributed by atoms with Crippen molar-refractivity contribution in [2.45, 2.75) is 18.9 Å². The molecule has 0 amide bonds. The van der Waals surface area contributed by atoms with Gasteiger partial charge in [0.15, 0.2) is 0 Å². The van der Waals surface area contributed by atoms with Gasteiger partial charge in [-0.3, -0.25) is 0 Å². The molecule has 1 saturated heterocycles. The average Bonchev–Trinajstić information content (AvgIpc) is 2.29. The summed E-state index contributed by atoms with van der Waals surface area (Å²) in [6, 6.07) is 1.79. The molecule has 1 aromatic heterocycles. The van der Waals surface area contributed by atoms with E-state index in [1.807, 2.05) is 0 Å². The lowest BCUT2D eigenvalue weighted by atomic mass is 10.1. The van der Waals surface area contributed by atoms with E-state index in [9.17, 15) is 5.11 Å². The summed E-state index contributed by atoms with van der Waals surface area (Å²) < 4.78 is 5.03. The largest absolute Gasteiger partial charge is 0.481 e. The minimum atomic E-state index is -0.250. The summed E-state index contributed by atoms with van der Waals surface area (Å²) in [5.74, 6) is 1.38. The van der Waals surface area contributed by atoms with Gasteiger partial charge in [-0.05, 0) is 12.8 Å². The number of β-amino-alcohol motifs (C(OH)–C–C–N with tert-alkyl or cyclic N) is 1. The minimum Gasteiger partial charge on any atom is -0.481 e. The van der Waals surface area contributed by atoms with Crippen LogP contribution in [-0.2, 0) is 0 Å². The predicted molar refractivity (Wildman–Crippen MR) is 56.0 cm³/mol. The Bertz CT molecular complexity index is 332. The van der Waals surface area contributed by atoms with Crippen molar-refractivity contribution in [1.82, 2.24) is 9.97 Å². The second kappa shape index (κ2) is 4.44. The molecule has 1 aliphatic rings. The summed E-state index contributed by atoms with van der Waals surface area (Å²) in [5.41, 5.74) is 0. The molecule has 1 fully saturated rings. The molecule has 82 valence electrons. The van der Waals surface area contributed by atoms with Gasteiger partial charge in [-0.1, -0.05) is 0 Å². The van der Waals surface area contributed by atoms with Crippen molar-refractivity contribution in [3.63, 3.8) is 0 Å². The van der Waals surface area contributed by atoms with E-state index >= 15 is 0 Å². The number of hydrogen-bond donors (Lipinski definition) is 1. The number of rotatable bonds is 2. The van der Waals surface area contributed by atoms with Crippen LogP contribution < -0.4 is 9.64 Å². The summed E-state index contributed by atoms with van der Waals surface area (Å²) in [5, 5.41) is 9.55. The number of hydrogen-bond acceptors (Lipinski definition) is 5. The Balaban J connectivity index is 2.13. The van der Waals surface area contributed by atoms with Gasteiger partial charge in [0.25, 0.3) is 0 Å². The van der Waals surface area contributed by atoms with Gasteiger partial charge in [-0.2, -0.15) is 0 Å². The van der Waals surface area contributed by atoms with Gasteiger partial charge in [0.2, 0.25) is 5.88 Å². The molecule has 15 heavy (non-hydrogen) atoms. The SMILES string of the molecule is COc1cc(N2CCC[C@@H](O)C2)ncn1. The highest BCUT2D eigenvalue weighted by molar-refractivity contribution is 5.41. The van der Waals surface area contributed by atoms with E-state index in [2.05, 4.69) is 14.9 Å². The summed E-state index contributed by atoms with van der Waals surface area (Å²) >= 11 is 0. The number of aromatic nitrogens is 2. The second-order valence-corrected chi connectivity index (χ2v) is 3.66. The third kappa shape index (κ3) is 2.36. The van der Waals surface area contributed by atoms with E-state index in [1.165, 1.54) is 6.33 Å². The molecule has 0 aliphatic carbocycles. The van der Waals surface area contributed by atoms with Crippen LogP contribution >= 0.6 is 0 Å². The Morgan fingerprint density at radius 2 is 2.40 bits per heavy atom. The fraction of sp³-hybridized carbons (Fsp3) is 0.600. The Morgan fingerprint density at radius 1 is 1.53 bits per heavy atom. The highest BCUT2D eigenvalue weighted by Crippen LogP contribution is 2.19. The van der Waals surface area contributed by atoms with Gasteiger partial charge in [0.1, 0.15) is 12.1 Å². The van der Waals surface area contributed by atoms with Crippen LogP contribution in [0, 0.1) is 0 Å². The smallest absolute Gasteiger partial charge is 0.218 e. The zero-order chi connectivity index (χ0) is 10.7. The monoisotopic (exact) mass is 209 g/mol. The molecule has 5 heteroatoms. The number of methoxy groups -OCH3 is 1. The molecule has 0 unspecified atom stereocenters. The van der Waals surface area contributed by atoms with E-state index in [4.69, 9.17) is 4.74 Å². The van der Waals surface area contributed by atoms with Gasteiger partial charge >= 0.3 is 0 Å². The minimum absolute atomic E-state index is 0.250. The number of nitrogens with zero attached hydrogens (tertiary/aromatic N) is 3. The molecular weight excluding hydrogens is 194 g/mol. The third-order valence-corrected chi connectivity index (χ3v) is 2.56. The van der Waals surface area contributed by atoms with Gasteiger partial charge < -0.3 is 14.7 Å². The summed E-state index contributed by atoms with van der Waals surface area (Å²) in [6.45, 7) is 1.57. The third-order valence-electron chi connectivity index (χ3n) is 2.56. The molecule has 1 atom stereocenters. The standard InChI is InChI=1S/C10H15N3O2/c1-15-10-5-9(11-7-12-10)13-4-2-3-8(14)6-13/h5,7-8,14H,2-4,6H2,1H3/t8-/m1/s1. The first-order chi connectivity index (χ1) is 7.29. The van der Waals surface area contributed by atoms with Crippen molar-refractivity contribution in [3.8, 4) is 5.88 Å². The van der Waals surface area contributed by atoms with E-state index in [-0.39, 0.29) is 6.10 Å². The molecular formula is C10H15N3O2. The van der Waals surface area contributed by atoms with Crippen LogP contribution in [0.15, 0.2) is 12.4 Å². The van der Waals surface area contributed by atoms with Crippen LogP contribution in [0.5, 0.6) is 5.88 Å². The second-order valence-electron chi connectivity index (χ2n) is 3.66. The van der Waals surface area contributed by atoms with Gasteiger partial charge in [-0.15, -0.1) is 0 Å². The molecule has 2 heterocycles. The summed E-state index contributed by atoms with van der Waals surface area (Å²) in [7, 11) is 1.58. The van der Waals surface area contributed by atoms with Crippen LogP contribution in [0.25, 0.3) is 0 Å². The predicted octanol–water partition coefficient (Wildman–Crippen LogP) is 0.446. The van der Waals surface area contributed by atoms with E-state index in [0.717, 1.165) is 25.2 Å². The fourth-order valence-corrected chi connectivity index (χ4v) is 1.78. The van der Waals surface area contributed by atoms with Crippen LogP contribution in [0.4, 0.5) is 5.82 Å². The topological polar surface area (TPSA) is 58.5 Å². The molecule has 2 rings (SSSR count). The van der Waals surface area contributed by atoms with Crippen molar-refractivity contribution in [1.29, 1.82) is 0 Å². The Morgan fingerprint density at radius 3 is 3.13 bits per heavy atom. The number of piperidine rings is 1. The number of aliphatic hydroxyl groups is 1. The molecule has 1 aromatic rings. The average molecular weight is 209 g/mol. The van der Waals surface area contributed by atoms with Crippen LogP contribution in [0.3, 0.4) is 0 Å². The summed E-state index contributed by atoms with van der Waals surface area (Å²) in [4.78, 5) is 10.2. The maximum absolute atomic E-state index is 9.55. The maximum atomic E-state index is 9.55. The fourth-order valence-electron chi connectivity index (χ4n) is 1.78. The molecule has 0 saturated carbocycles. The zero-order valence-corrected chi connectivity index (χ0v) is 8.76. The van der Waals surface area contributed by atoms with Crippen LogP contribution in [0.2, 0.25) is 0 Å². The molecule has 1 N–H and O–H groups in total. The van der Waals surface area contributed by atoms with Gasteiger partial charge in [-0.25, -0.2) is 9.97 Å². The van der Waals surface area contributed by atoms with Crippen LogP contribution in [-0.4, -0.2) is 41.4 Å².